The molecule has 0 aliphatic heterocycles. The minimum absolute atomic E-state index is 0.126. The summed E-state index contributed by atoms with van der Waals surface area (Å²) in [6.45, 7) is 7.37. The van der Waals surface area contributed by atoms with Gasteiger partial charge >= 0.3 is 5.82 Å². The molecule has 0 unspecified atom stereocenters. The van der Waals surface area contributed by atoms with Crippen LogP contribution in [0.1, 0.15) is 31.5 Å². The van der Waals surface area contributed by atoms with Crippen LogP contribution < -0.4 is 14.8 Å². The molecule has 0 spiro atoms. The highest BCUT2D eigenvalue weighted by atomic mass is 16.6. The zero-order valence-electron chi connectivity index (χ0n) is 18.3. The van der Waals surface area contributed by atoms with Crippen molar-refractivity contribution in [3.05, 3.63) is 58.0 Å². The van der Waals surface area contributed by atoms with Crippen molar-refractivity contribution in [3.63, 3.8) is 0 Å². The van der Waals surface area contributed by atoms with Gasteiger partial charge in [-0.1, -0.05) is 6.07 Å². The van der Waals surface area contributed by atoms with Crippen molar-refractivity contribution >= 4 is 17.4 Å². The first-order chi connectivity index (χ1) is 15.4. The number of aromatic nitrogens is 4. The van der Waals surface area contributed by atoms with Crippen LogP contribution in [-0.2, 0) is 17.9 Å². The van der Waals surface area contributed by atoms with Crippen LogP contribution >= 0.6 is 0 Å². The number of ether oxygens (including phenoxy) is 2. The summed E-state index contributed by atoms with van der Waals surface area (Å²) in [4.78, 5) is 22.5. The van der Waals surface area contributed by atoms with Gasteiger partial charge in [-0.05, 0) is 43.4 Å². The highest BCUT2D eigenvalue weighted by Crippen LogP contribution is 2.29. The smallest absolute Gasteiger partial charge is 0.390 e. The van der Waals surface area contributed by atoms with Gasteiger partial charge in [-0.2, -0.15) is 9.78 Å². The fraction of sp³-hybridized carbons (Fsp3) is 0.381. The second-order valence-corrected chi connectivity index (χ2v) is 7.00. The Hall–Kier alpha value is -3.89. The Morgan fingerprint density at radius 3 is 2.62 bits per heavy atom. The van der Waals surface area contributed by atoms with E-state index in [0.717, 1.165) is 5.56 Å². The van der Waals surface area contributed by atoms with Crippen molar-refractivity contribution in [2.75, 3.05) is 18.5 Å². The van der Waals surface area contributed by atoms with Gasteiger partial charge in [0.05, 0.1) is 55.0 Å². The van der Waals surface area contributed by atoms with Crippen molar-refractivity contribution in [3.8, 4) is 11.5 Å². The molecule has 0 atom stereocenters. The van der Waals surface area contributed by atoms with Gasteiger partial charge in [0.1, 0.15) is 0 Å². The van der Waals surface area contributed by atoms with E-state index in [-0.39, 0.29) is 24.7 Å². The van der Waals surface area contributed by atoms with Crippen molar-refractivity contribution in [2.45, 2.75) is 40.3 Å². The van der Waals surface area contributed by atoms with E-state index >= 15 is 0 Å². The minimum atomic E-state index is -0.556. The average Bonchev–Trinajstić information content (AvgIpc) is 3.35. The van der Waals surface area contributed by atoms with E-state index in [1.165, 1.54) is 10.7 Å². The maximum atomic E-state index is 12.3. The van der Waals surface area contributed by atoms with Crippen LogP contribution in [0.5, 0.6) is 11.5 Å². The summed E-state index contributed by atoms with van der Waals surface area (Å²) in [6, 6.07) is 7.11. The number of benzene rings is 1. The molecule has 0 aliphatic rings. The average molecular weight is 442 g/mol. The maximum Gasteiger partial charge on any atom is 0.390 e. The van der Waals surface area contributed by atoms with Crippen molar-refractivity contribution in [1.82, 2.24) is 19.6 Å². The van der Waals surface area contributed by atoms with E-state index in [9.17, 15) is 14.9 Å². The van der Waals surface area contributed by atoms with Gasteiger partial charge in [-0.3, -0.25) is 9.48 Å². The summed E-state index contributed by atoms with van der Waals surface area (Å²) in [5, 5.41) is 21.8. The lowest BCUT2D eigenvalue weighted by Gasteiger charge is -2.12. The molecule has 3 aromatic rings. The lowest BCUT2D eigenvalue weighted by molar-refractivity contribution is -0.389. The van der Waals surface area contributed by atoms with Crippen LogP contribution in [0.4, 0.5) is 11.5 Å². The Labute approximate surface area is 185 Å². The number of nitrogens with zero attached hydrogens (tertiary/aromatic N) is 5. The lowest BCUT2D eigenvalue weighted by atomic mass is 10.2. The van der Waals surface area contributed by atoms with Gasteiger partial charge in [0.15, 0.2) is 11.5 Å². The van der Waals surface area contributed by atoms with Crippen LogP contribution in [0.3, 0.4) is 0 Å². The molecule has 1 aromatic carbocycles. The molecule has 0 bridgehead atoms. The zero-order valence-corrected chi connectivity index (χ0v) is 18.3. The van der Waals surface area contributed by atoms with Crippen molar-refractivity contribution in [2.24, 2.45) is 0 Å². The van der Waals surface area contributed by atoms with E-state index in [2.05, 4.69) is 15.5 Å². The molecule has 2 heterocycles. The number of nitro groups is 1. The van der Waals surface area contributed by atoms with Crippen LogP contribution in [0.2, 0.25) is 0 Å². The third kappa shape index (κ3) is 5.84. The van der Waals surface area contributed by atoms with Crippen LogP contribution in [-0.4, -0.2) is 43.6 Å². The molecule has 0 fully saturated rings. The summed E-state index contributed by atoms with van der Waals surface area (Å²) in [6.07, 6.45) is 3.43. The highest BCUT2D eigenvalue weighted by Gasteiger charge is 2.16. The van der Waals surface area contributed by atoms with Gasteiger partial charge < -0.3 is 24.9 Å². The molecule has 1 N–H and O–H groups in total. The van der Waals surface area contributed by atoms with Crippen LogP contribution in [0.15, 0.2) is 36.7 Å². The van der Waals surface area contributed by atoms with E-state index in [4.69, 9.17) is 9.47 Å². The molecular weight excluding hydrogens is 416 g/mol. The third-order valence-electron chi connectivity index (χ3n) is 4.58. The molecule has 0 saturated heterocycles. The Morgan fingerprint density at radius 2 is 1.94 bits per heavy atom. The monoisotopic (exact) mass is 442 g/mol. The number of carbonyl (C=O) groups is 1. The Kier molecular flexibility index (Phi) is 7.42. The van der Waals surface area contributed by atoms with Crippen molar-refractivity contribution < 1.29 is 19.2 Å². The summed E-state index contributed by atoms with van der Waals surface area (Å²) in [5.74, 6) is 0.915. The summed E-state index contributed by atoms with van der Waals surface area (Å²) in [5.41, 5.74) is 2.17. The molecule has 11 heteroatoms. The fourth-order valence-electron chi connectivity index (χ4n) is 3.13. The predicted molar refractivity (Wildman–Crippen MR) is 117 cm³/mol. The molecule has 32 heavy (non-hydrogen) atoms. The molecular formula is C21H26N6O5. The van der Waals surface area contributed by atoms with Gasteiger partial charge in [0, 0.05) is 12.6 Å². The maximum absolute atomic E-state index is 12.3. The molecule has 0 radical (unpaired) electrons. The third-order valence-corrected chi connectivity index (χ3v) is 4.58. The number of amides is 1. The summed E-state index contributed by atoms with van der Waals surface area (Å²) < 4.78 is 14.4. The second kappa shape index (κ2) is 10.4. The molecule has 11 nitrogen and oxygen atoms in total. The lowest BCUT2D eigenvalue weighted by Crippen LogP contribution is -2.15. The van der Waals surface area contributed by atoms with Gasteiger partial charge in [0.2, 0.25) is 5.91 Å². The number of carbonyl (C=O) groups excluding carboxylic acids is 1. The standard InChI is InChI=1S/C21H26N6O5/c1-4-31-18-7-6-16(11-19(18)32-5-2)13-25-14-17(12-22-25)23-21(28)8-9-26-15(3)10-20(24-26)27(29)30/h6-7,10-12,14H,4-5,8-9,13H2,1-3H3,(H,23,28). The molecule has 0 aliphatic carbocycles. The van der Waals surface area contributed by atoms with E-state index < -0.39 is 4.92 Å². The second-order valence-electron chi connectivity index (χ2n) is 7.00. The zero-order chi connectivity index (χ0) is 23.1. The normalized spacial score (nSPS) is 10.7. The first kappa shape index (κ1) is 22.8. The van der Waals surface area contributed by atoms with E-state index in [0.29, 0.717) is 42.6 Å². The van der Waals surface area contributed by atoms with Crippen molar-refractivity contribution in [1.29, 1.82) is 0 Å². The number of anilines is 1. The molecule has 1 amide bonds. The summed E-state index contributed by atoms with van der Waals surface area (Å²) >= 11 is 0. The molecule has 0 saturated carbocycles. The number of hydrogen-bond donors (Lipinski definition) is 1. The predicted octanol–water partition coefficient (Wildman–Crippen LogP) is 3.17. The molecule has 170 valence electrons. The number of aryl methyl sites for hydroxylation is 2. The Morgan fingerprint density at radius 1 is 1.19 bits per heavy atom. The fourth-order valence-corrected chi connectivity index (χ4v) is 3.13. The van der Waals surface area contributed by atoms with Gasteiger partial charge in [0.25, 0.3) is 0 Å². The first-order valence-corrected chi connectivity index (χ1v) is 10.3. The van der Waals surface area contributed by atoms with Gasteiger partial charge in [-0.15, -0.1) is 0 Å². The van der Waals surface area contributed by atoms with Crippen LogP contribution in [0.25, 0.3) is 0 Å². The SMILES string of the molecule is CCOc1ccc(Cn2cc(NC(=O)CCn3nc([N+](=O)[O-])cc3C)cn2)cc1OCC. The largest absolute Gasteiger partial charge is 0.490 e. The first-order valence-electron chi connectivity index (χ1n) is 10.3. The Bertz CT molecular complexity index is 1090. The minimum Gasteiger partial charge on any atom is -0.490 e. The van der Waals surface area contributed by atoms with E-state index in [1.807, 2.05) is 32.0 Å². The highest BCUT2D eigenvalue weighted by molar-refractivity contribution is 5.90. The Balaban J connectivity index is 1.57. The number of hydrogen-bond acceptors (Lipinski definition) is 7. The quantitative estimate of drug-likeness (QED) is 0.357. The molecule has 2 aromatic heterocycles. The molecule has 3 rings (SSSR count). The summed E-state index contributed by atoms with van der Waals surface area (Å²) in [7, 11) is 0. The van der Waals surface area contributed by atoms with Gasteiger partial charge in [-0.25, -0.2) is 0 Å². The van der Waals surface area contributed by atoms with E-state index in [1.54, 1.807) is 24.0 Å². The topological polar surface area (TPSA) is 126 Å². The number of nitrogens with one attached hydrogen (secondary N) is 1. The van der Waals surface area contributed by atoms with Crippen LogP contribution in [0, 0.1) is 17.0 Å². The number of rotatable bonds is 11.